The Morgan fingerprint density at radius 1 is 0.842 bits per heavy atom. The van der Waals surface area contributed by atoms with Crippen molar-refractivity contribution < 1.29 is 0 Å². The van der Waals surface area contributed by atoms with Crippen molar-refractivity contribution in [1.29, 1.82) is 0 Å². The summed E-state index contributed by atoms with van der Waals surface area (Å²) < 4.78 is 0. The van der Waals surface area contributed by atoms with E-state index in [0.29, 0.717) is 21.7 Å². The molecule has 0 aliphatic carbocycles. The zero-order chi connectivity index (χ0) is 13.2. The van der Waals surface area contributed by atoms with Crippen LogP contribution in [0, 0.1) is 0 Å². The lowest BCUT2D eigenvalue weighted by molar-refractivity contribution is 1.10. The van der Waals surface area contributed by atoms with Gasteiger partial charge in [0, 0.05) is 21.2 Å². The summed E-state index contributed by atoms with van der Waals surface area (Å²) >= 11 is 11.9. The number of halogens is 2. The van der Waals surface area contributed by atoms with Crippen LogP contribution in [0.25, 0.3) is 22.8 Å². The number of H-pyrrole nitrogens is 1. The molecule has 3 nitrogen and oxygen atoms in total. The Morgan fingerprint density at radius 2 is 1.53 bits per heavy atom. The Hall–Kier alpha value is -1.84. The maximum absolute atomic E-state index is 5.97. The van der Waals surface area contributed by atoms with Crippen molar-refractivity contribution in [3.8, 4) is 22.8 Å². The molecule has 2 aromatic carbocycles. The molecular weight excluding hydrogens is 281 g/mol. The largest absolute Gasteiger partial charge is 0.259 e. The lowest BCUT2D eigenvalue weighted by Crippen LogP contribution is -1.82. The minimum Gasteiger partial charge on any atom is -0.259 e. The lowest BCUT2D eigenvalue weighted by atomic mass is 10.2. The van der Waals surface area contributed by atoms with E-state index in [1.54, 1.807) is 18.2 Å². The molecule has 1 aromatic heterocycles. The SMILES string of the molecule is Clc1cc(Cl)cc(-c2n[nH]c(-c3ccccc3)n2)c1. The fourth-order valence-corrected chi connectivity index (χ4v) is 2.32. The van der Waals surface area contributed by atoms with E-state index in [2.05, 4.69) is 15.2 Å². The third kappa shape index (κ3) is 2.62. The highest BCUT2D eigenvalue weighted by Crippen LogP contribution is 2.26. The molecule has 0 atom stereocenters. The molecule has 0 aliphatic heterocycles. The molecule has 5 heteroatoms. The van der Waals surface area contributed by atoms with Gasteiger partial charge in [0.05, 0.1) is 0 Å². The summed E-state index contributed by atoms with van der Waals surface area (Å²) in [6.07, 6.45) is 0. The number of nitrogens with one attached hydrogen (secondary N) is 1. The summed E-state index contributed by atoms with van der Waals surface area (Å²) in [6, 6.07) is 15.0. The fourth-order valence-electron chi connectivity index (χ4n) is 1.80. The van der Waals surface area contributed by atoms with Crippen LogP contribution in [0.4, 0.5) is 0 Å². The van der Waals surface area contributed by atoms with Crippen LogP contribution in [0.2, 0.25) is 10.0 Å². The second kappa shape index (κ2) is 5.03. The number of aromatic nitrogens is 3. The number of aromatic amines is 1. The molecule has 1 heterocycles. The van der Waals surface area contributed by atoms with Gasteiger partial charge in [-0.3, -0.25) is 5.10 Å². The molecule has 0 bridgehead atoms. The average Bonchev–Trinajstić information content (AvgIpc) is 2.88. The molecule has 0 saturated carbocycles. The Kier molecular flexibility index (Phi) is 3.23. The molecule has 0 spiro atoms. The zero-order valence-electron chi connectivity index (χ0n) is 9.77. The van der Waals surface area contributed by atoms with E-state index in [1.807, 2.05) is 30.3 Å². The molecule has 0 amide bonds. The van der Waals surface area contributed by atoms with Gasteiger partial charge < -0.3 is 0 Å². The smallest absolute Gasteiger partial charge is 0.181 e. The molecule has 0 radical (unpaired) electrons. The first-order chi connectivity index (χ1) is 9.22. The third-order valence-corrected chi connectivity index (χ3v) is 3.09. The maximum Gasteiger partial charge on any atom is 0.181 e. The third-order valence-electron chi connectivity index (χ3n) is 2.65. The van der Waals surface area contributed by atoms with Gasteiger partial charge in [-0.2, -0.15) is 5.10 Å². The molecule has 1 N–H and O–H groups in total. The van der Waals surface area contributed by atoms with Crippen LogP contribution in [-0.4, -0.2) is 15.2 Å². The van der Waals surface area contributed by atoms with Crippen LogP contribution in [-0.2, 0) is 0 Å². The van der Waals surface area contributed by atoms with Gasteiger partial charge in [-0.25, -0.2) is 4.98 Å². The molecule has 0 saturated heterocycles. The summed E-state index contributed by atoms with van der Waals surface area (Å²) in [7, 11) is 0. The van der Waals surface area contributed by atoms with E-state index in [4.69, 9.17) is 23.2 Å². The fraction of sp³-hybridized carbons (Fsp3) is 0. The van der Waals surface area contributed by atoms with Crippen molar-refractivity contribution in [3.05, 3.63) is 58.6 Å². The topological polar surface area (TPSA) is 41.6 Å². The van der Waals surface area contributed by atoms with Gasteiger partial charge in [-0.05, 0) is 18.2 Å². The van der Waals surface area contributed by atoms with Crippen LogP contribution in [0.3, 0.4) is 0 Å². The second-order valence-corrected chi connectivity index (χ2v) is 4.90. The molecule has 0 aliphatic rings. The normalized spacial score (nSPS) is 10.6. The quantitative estimate of drug-likeness (QED) is 0.757. The molecule has 3 aromatic rings. The minimum absolute atomic E-state index is 0.563. The second-order valence-electron chi connectivity index (χ2n) is 4.03. The summed E-state index contributed by atoms with van der Waals surface area (Å²) in [5.74, 6) is 1.29. The van der Waals surface area contributed by atoms with Crippen molar-refractivity contribution in [3.63, 3.8) is 0 Å². The van der Waals surface area contributed by atoms with Crippen LogP contribution in [0.5, 0.6) is 0 Å². The predicted molar refractivity (Wildman–Crippen MR) is 77.3 cm³/mol. The highest BCUT2D eigenvalue weighted by molar-refractivity contribution is 6.35. The van der Waals surface area contributed by atoms with E-state index in [-0.39, 0.29) is 0 Å². The van der Waals surface area contributed by atoms with Gasteiger partial charge in [0.15, 0.2) is 11.6 Å². The lowest BCUT2D eigenvalue weighted by Gasteiger charge is -1.98. The number of hydrogen-bond donors (Lipinski definition) is 1. The molecule has 3 rings (SSSR count). The minimum atomic E-state index is 0.563. The Bertz CT molecular complexity index is 687. The summed E-state index contributed by atoms with van der Waals surface area (Å²) in [4.78, 5) is 4.45. The number of nitrogens with zero attached hydrogens (tertiary/aromatic N) is 2. The van der Waals surface area contributed by atoms with Crippen molar-refractivity contribution in [2.75, 3.05) is 0 Å². The Balaban J connectivity index is 2.02. The van der Waals surface area contributed by atoms with E-state index in [1.165, 1.54) is 0 Å². The van der Waals surface area contributed by atoms with Gasteiger partial charge >= 0.3 is 0 Å². The molecule has 94 valence electrons. The van der Waals surface area contributed by atoms with E-state index < -0.39 is 0 Å². The number of benzene rings is 2. The molecule has 0 unspecified atom stereocenters. The van der Waals surface area contributed by atoms with Crippen LogP contribution in [0.1, 0.15) is 0 Å². The van der Waals surface area contributed by atoms with Gasteiger partial charge in [-0.1, -0.05) is 53.5 Å². The van der Waals surface area contributed by atoms with E-state index >= 15 is 0 Å². The Labute approximate surface area is 120 Å². The van der Waals surface area contributed by atoms with Crippen LogP contribution in [0.15, 0.2) is 48.5 Å². The number of hydrogen-bond acceptors (Lipinski definition) is 2. The Morgan fingerprint density at radius 3 is 2.21 bits per heavy atom. The van der Waals surface area contributed by atoms with E-state index in [9.17, 15) is 0 Å². The van der Waals surface area contributed by atoms with E-state index in [0.717, 1.165) is 11.1 Å². The standard InChI is InChI=1S/C14H9Cl2N3/c15-11-6-10(7-12(16)8-11)14-17-13(18-19-14)9-4-2-1-3-5-9/h1-8H,(H,17,18,19). The summed E-state index contributed by atoms with van der Waals surface area (Å²) in [6.45, 7) is 0. The monoisotopic (exact) mass is 289 g/mol. The molecular formula is C14H9Cl2N3. The first-order valence-corrected chi connectivity index (χ1v) is 6.42. The van der Waals surface area contributed by atoms with Gasteiger partial charge in [0.2, 0.25) is 0 Å². The highest BCUT2D eigenvalue weighted by Gasteiger charge is 2.08. The van der Waals surface area contributed by atoms with Crippen molar-refractivity contribution >= 4 is 23.2 Å². The van der Waals surface area contributed by atoms with Crippen molar-refractivity contribution in [1.82, 2.24) is 15.2 Å². The maximum atomic E-state index is 5.97. The van der Waals surface area contributed by atoms with Crippen LogP contribution < -0.4 is 0 Å². The summed E-state index contributed by atoms with van der Waals surface area (Å²) in [5.41, 5.74) is 1.77. The van der Waals surface area contributed by atoms with Crippen LogP contribution >= 0.6 is 23.2 Å². The first-order valence-electron chi connectivity index (χ1n) is 5.67. The average molecular weight is 290 g/mol. The van der Waals surface area contributed by atoms with Gasteiger partial charge in [0.1, 0.15) is 0 Å². The predicted octanol–water partition coefficient (Wildman–Crippen LogP) is 4.45. The first kappa shape index (κ1) is 12.2. The highest BCUT2D eigenvalue weighted by atomic mass is 35.5. The molecule has 0 fully saturated rings. The number of rotatable bonds is 2. The molecule has 19 heavy (non-hydrogen) atoms. The van der Waals surface area contributed by atoms with Crippen molar-refractivity contribution in [2.45, 2.75) is 0 Å². The summed E-state index contributed by atoms with van der Waals surface area (Å²) in [5, 5.41) is 8.23. The van der Waals surface area contributed by atoms with Gasteiger partial charge in [-0.15, -0.1) is 0 Å². The zero-order valence-corrected chi connectivity index (χ0v) is 11.3. The van der Waals surface area contributed by atoms with Gasteiger partial charge in [0.25, 0.3) is 0 Å². The van der Waals surface area contributed by atoms with Crippen molar-refractivity contribution in [2.24, 2.45) is 0 Å².